The summed E-state index contributed by atoms with van der Waals surface area (Å²) in [7, 11) is 1.66. The van der Waals surface area contributed by atoms with Crippen molar-refractivity contribution in [1.82, 2.24) is 19.7 Å². The molecule has 0 aliphatic carbocycles. The van der Waals surface area contributed by atoms with E-state index in [9.17, 15) is 4.79 Å². The van der Waals surface area contributed by atoms with Gasteiger partial charge in [-0.3, -0.25) is 0 Å². The number of hydrogen-bond acceptors (Lipinski definition) is 6. The average Bonchev–Trinajstić information content (AvgIpc) is 2.99. The van der Waals surface area contributed by atoms with Crippen LogP contribution in [0.4, 0.5) is 10.5 Å². The number of carbonyl (C=O) groups is 1. The summed E-state index contributed by atoms with van der Waals surface area (Å²) in [6.45, 7) is 6.19. The van der Waals surface area contributed by atoms with Crippen molar-refractivity contribution < 1.29 is 14.3 Å². The fourth-order valence-corrected chi connectivity index (χ4v) is 1.89. The fraction of sp³-hybridized carbons (Fsp3) is 0.438. The number of amides is 1. The van der Waals surface area contributed by atoms with Crippen LogP contribution >= 0.6 is 0 Å². The van der Waals surface area contributed by atoms with E-state index in [4.69, 9.17) is 15.2 Å². The second-order valence-electron chi connectivity index (χ2n) is 6.35. The molecule has 0 radical (unpaired) electrons. The summed E-state index contributed by atoms with van der Waals surface area (Å²) in [6.07, 6.45) is 2.64. The highest BCUT2D eigenvalue weighted by molar-refractivity contribution is 5.67. The van der Waals surface area contributed by atoms with Crippen LogP contribution in [0.1, 0.15) is 20.8 Å². The van der Waals surface area contributed by atoms with Gasteiger partial charge >= 0.3 is 6.09 Å². The highest BCUT2D eigenvalue weighted by Gasteiger charge is 2.19. The Kier molecular flexibility index (Phi) is 5.28. The summed E-state index contributed by atoms with van der Waals surface area (Å²) in [4.78, 5) is 17.2. The zero-order valence-electron chi connectivity index (χ0n) is 14.4. The molecule has 8 nitrogen and oxygen atoms in total. The van der Waals surface area contributed by atoms with E-state index in [0.29, 0.717) is 24.6 Å². The van der Waals surface area contributed by atoms with Gasteiger partial charge in [0.25, 0.3) is 0 Å². The largest absolute Gasteiger partial charge is 0.492 e. The zero-order chi connectivity index (χ0) is 17.7. The fourth-order valence-electron chi connectivity index (χ4n) is 1.89. The molecule has 1 aromatic heterocycles. The summed E-state index contributed by atoms with van der Waals surface area (Å²) in [5, 5.41) is 4.06. The van der Waals surface area contributed by atoms with E-state index in [1.54, 1.807) is 36.3 Å². The summed E-state index contributed by atoms with van der Waals surface area (Å²) >= 11 is 0. The van der Waals surface area contributed by atoms with E-state index in [0.717, 1.165) is 5.69 Å². The van der Waals surface area contributed by atoms with E-state index in [1.807, 2.05) is 20.8 Å². The van der Waals surface area contributed by atoms with Crippen molar-refractivity contribution in [2.24, 2.45) is 0 Å². The Balaban J connectivity index is 1.92. The van der Waals surface area contributed by atoms with Gasteiger partial charge in [0, 0.05) is 24.9 Å². The molecule has 0 saturated carbocycles. The van der Waals surface area contributed by atoms with Crippen LogP contribution in [0.15, 0.2) is 30.9 Å². The maximum atomic E-state index is 11.9. The molecule has 0 unspecified atom stereocenters. The van der Waals surface area contributed by atoms with Crippen molar-refractivity contribution in [2.45, 2.75) is 26.4 Å². The molecule has 2 rings (SSSR count). The Morgan fingerprint density at radius 2 is 2.08 bits per heavy atom. The molecule has 1 amide bonds. The molecule has 1 aromatic carbocycles. The Bertz CT molecular complexity index is 680. The number of rotatable bonds is 5. The number of aromatic nitrogens is 3. The van der Waals surface area contributed by atoms with E-state index in [2.05, 4.69) is 10.1 Å². The van der Waals surface area contributed by atoms with Crippen molar-refractivity contribution >= 4 is 11.8 Å². The first-order chi connectivity index (χ1) is 11.2. The van der Waals surface area contributed by atoms with Crippen LogP contribution < -0.4 is 10.5 Å². The summed E-state index contributed by atoms with van der Waals surface area (Å²) in [5.41, 5.74) is 6.67. The first kappa shape index (κ1) is 17.6. The molecule has 8 heteroatoms. The molecule has 0 bridgehead atoms. The number of benzene rings is 1. The maximum Gasteiger partial charge on any atom is 0.410 e. The van der Waals surface area contributed by atoms with Crippen molar-refractivity contribution in [3.63, 3.8) is 0 Å². The highest BCUT2D eigenvalue weighted by atomic mass is 16.6. The van der Waals surface area contributed by atoms with E-state index in [1.165, 1.54) is 11.2 Å². The molecule has 0 aliphatic heterocycles. The second-order valence-corrected chi connectivity index (χ2v) is 6.35. The van der Waals surface area contributed by atoms with Gasteiger partial charge in [-0.15, -0.1) is 0 Å². The van der Waals surface area contributed by atoms with Crippen LogP contribution in [-0.4, -0.2) is 51.6 Å². The second kappa shape index (κ2) is 7.20. The van der Waals surface area contributed by atoms with Crippen LogP contribution in [0.2, 0.25) is 0 Å². The lowest BCUT2D eigenvalue weighted by Gasteiger charge is -2.24. The van der Waals surface area contributed by atoms with E-state index >= 15 is 0 Å². The maximum absolute atomic E-state index is 11.9. The Labute approximate surface area is 141 Å². The molecule has 0 aliphatic rings. The Hall–Kier alpha value is -2.77. The minimum atomic E-state index is -0.521. The van der Waals surface area contributed by atoms with Crippen LogP contribution in [0.3, 0.4) is 0 Å². The molecule has 2 N–H and O–H groups in total. The summed E-state index contributed by atoms with van der Waals surface area (Å²) in [6, 6.07) is 5.29. The molecule has 0 spiro atoms. The van der Waals surface area contributed by atoms with Crippen molar-refractivity contribution in [2.75, 3.05) is 25.9 Å². The minimum absolute atomic E-state index is 0.315. The number of nitrogen functional groups attached to an aromatic ring is 1. The Morgan fingerprint density at radius 3 is 2.71 bits per heavy atom. The van der Waals surface area contributed by atoms with Gasteiger partial charge in [0.2, 0.25) is 0 Å². The molecule has 24 heavy (non-hydrogen) atoms. The van der Waals surface area contributed by atoms with Crippen molar-refractivity contribution in [1.29, 1.82) is 0 Å². The number of carbonyl (C=O) groups excluding carboxylic acids is 1. The third-order valence-corrected chi connectivity index (χ3v) is 3.00. The zero-order valence-corrected chi connectivity index (χ0v) is 14.4. The standard InChI is InChI=1S/C16H23N5O3/c1-16(2,3)24-15(22)20(4)5-6-23-14-8-12(17)7-13(9-14)21-11-18-10-19-21/h7-11H,5-6,17H2,1-4H3. The minimum Gasteiger partial charge on any atom is -0.492 e. The molecular formula is C16H23N5O3. The first-order valence-corrected chi connectivity index (χ1v) is 7.57. The van der Waals surface area contributed by atoms with Gasteiger partial charge in [0.15, 0.2) is 0 Å². The number of ether oxygens (including phenoxy) is 2. The van der Waals surface area contributed by atoms with E-state index in [-0.39, 0.29) is 6.09 Å². The van der Waals surface area contributed by atoms with Gasteiger partial charge in [-0.1, -0.05) is 0 Å². The smallest absolute Gasteiger partial charge is 0.410 e. The SMILES string of the molecule is CN(CCOc1cc(N)cc(-n2cncn2)c1)C(=O)OC(C)(C)C. The molecule has 0 fully saturated rings. The van der Waals surface area contributed by atoms with E-state index < -0.39 is 5.60 Å². The highest BCUT2D eigenvalue weighted by Crippen LogP contribution is 2.21. The number of nitrogens with zero attached hydrogens (tertiary/aromatic N) is 4. The summed E-state index contributed by atoms with van der Waals surface area (Å²) < 4.78 is 12.6. The van der Waals surface area contributed by atoms with Crippen LogP contribution in [0.5, 0.6) is 5.75 Å². The number of anilines is 1. The predicted molar refractivity (Wildman–Crippen MR) is 90.1 cm³/mol. The molecular weight excluding hydrogens is 310 g/mol. The molecule has 0 saturated heterocycles. The van der Waals surface area contributed by atoms with Crippen molar-refractivity contribution in [3.8, 4) is 11.4 Å². The topological polar surface area (TPSA) is 95.5 Å². The lowest BCUT2D eigenvalue weighted by molar-refractivity contribution is 0.0278. The number of hydrogen-bond donors (Lipinski definition) is 1. The first-order valence-electron chi connectivity index (χ1n) is 7.57. The quantitative estimate of drug-likeness (QED) is 0.842. The molecule has 1 heterocycles. The Morgan fingerprint density at radius 1 is 1.33 bits per heavy atom. The lowest BCUT2D eigenvalue weighted by Crippen LogP contribution is -2.36. The third kappa shape index (κ3) is 5.15. The summed E-state index contributed by atoms with van der Waals surface area (Å²) in [5.74, 6) is 0.595. The van der Waals surface area contributed by atoms with Crippen LogP contribution in [0.25, 0.3) is 5.69 Å². The van der Waals surface area contributed by atoms with Gasteiger partial charge < -0.3 is 20.1 Å². The normalized spacial score (nSPS) is 11.2. The van der Waals surface area contributed by atoms with Gasteiger partial charge in [0.1, 0.15) is 30.6 Å². The predicted octanol–water partition coefficient (Wildman–Crippen LogP) is 2.10. The van der Waals surface area contributed by atoms with Crippen molar-refractivity contribution in [3.05, 3.63) is 30.9 Å². The average molecular weight is 333 g/mol. The molecule has 2 aromatic rings. The third-order valence-electron chi connectivity index (χ3n) is 3.00. The van der Waals surface area contributed by atoms with Crippen LogP contribution in [0, 0.1) is 0 Å². The van der Waals surface area contributed by atoms with Gasteiger partial charge in [-0.25, -0.2) is 14.5 Å². The van der Waals surface area contributed by atoms with Crippen LogP contribution in [-0.2, 0) is 4.74 Å². The lowest BCUT2D eigenvalue weighted by atomic mass is 10.2. The number of likely N-dealkylation sites (N-methyl/N-ethyl adjacent to an activating group) is 1. The van der Waals surface area contributed by atoms with Gasteiger partial charge in [-0.05, 0) is 26.8 Å². The monoisotopic (exact) mass is 333 g/mol. The molecule has 0 atom stereocenters. The van der Waals surface area contributed by atoms with Gasteiger partial charge in [0.05, 0.1) is 12.2 Å². The molecule has 130 valence electrons. The number of nitrogens with two attached hydrogens (primary N) is 1. The van der Waals surface area contributed by atoms with Gasteiger partial charge in [-0.2, -0.15) is 5.10 Å².